The number of aromatic nitrogens is 1. The number of benzene rings is 1. The number of amides is 1. The number of nitrogens with zero attached hydrogens (tertiary/aromatic N) is 1. The number of hydrogen-bond donors (Lipinski definition) is 2. The summed E-state index contributed by atoms with van der Waals surface area (Å²) in [6.07, 6.45) is 3.92. The van der Waals surface area contributed by atoms with Gasteiger partial charge in [-0.05, 0) is 25.1 Å². The number of allylic oxidation sites excluding steroid dienone is 1. The topological polar surface area (TPSA) is 77.2 Å². The van der Waals surface area contributed by atoms with Crippen LogP contribution in [-0.2, 0) is 6.61 Å². The molecule has 3 N–H and O–H groups in total. The summed E-state index contributed by atoms with van der Waals surface area (Å²) in [6.45, 7) is 2.23. The standard InChI is InChI=1S/C16H17N3O2/c1-2-6-12-7-3-4-10-15(12)21-11-13-8-5-9-14(18-13)16(20)19-17/h2-10H,11,17H2,1H3,(H,19,20)/b6-2+. The number of nitrogens with two attached hydrogens (primary N) is 1. The Balaban J connectivity index is 2.12. The van der Waals surface area contributed by atoms with Crippen LogP contribution in [0.1, 0.15) is 28.7 Å². The summed E-state index contributed by atoms with van der Waals surface area (Å²) in [5, 5.41) is 0. The molecule has 0 fully saturated rings. The summed E-state index contributed by atoms with van der Waals surface area (Å²) in [6, 6.07) is 12.9. The SMILES string of the molecule is C/C=C/c1ccccc1OCc1cccc(C(=O)NN)n1. The fourth-order valence-electron chi connectivity index (χ4n) is 1.84. The zero-order valence-electron chi connectivity index (χ0n) is 11.7. The summed E-state index contributed by atoms with van der Waals surface area (Å²) in [4.78, 5) is 15.6. The maximum Gasteiger partial charge on any atom is 0.283 e. The van der Waals surface area contributed by atoms with Gasteiger partial charge in [0.25, 0.3) is 5.91 Å². The number of nitrogen functional groups attached to an aromatic ring is 1. The zero-order valence-corrected chi connectivity index (χ0v) is 11.7. The Morgan fingerprint density at radius 3 is 2.86 bits per heavy atom. The first-order chi connectivity index (χ1) is 10.2. The molecule has 0 radical (unpaired) electrons. The van der Waals surface area contributed by atoms with E-state index in [0.717, 1.165) is 11.3 Å². The minimum atomic E-state index is -0.425. The van der Waals surface area contributed by atoms with Crippen molar-refractivity contribution >= 4 is 12.0 Å². The van der Waals surface area contributed by atoms with E-state index in [0.29, 0.717) is 5.69 Å². The highest BCUT2D eigenvalue weighted by atomic mass is 16.5. The Labute approximate surface area is 123 Å². The Kier molecular flexibility index (Phi) is 5.06. The minimum Gasteiger partial charge on any atom is -0.487 e. The molecule has 0 atom stereocenters. The molecule has 0 aliphatic rings. The van der Waals surface area contributed by atoms with Crippen molar-refractivity contribution in [3.8, 4) is 5.75 Å². The third-order valence-corrected chi connectivity index (χ3v) is 2.81. The van der Waals surface area contributed by atoms with Crippen molar-refractivity contribution in [1.82, 2.24) is 10.4 Å². The van der Waals surface area contributed by atoms with Gasteiger partial charge in [0, 0.05) is 5.56 Å². The highest BCUT2D eigenvalue weighted by Gasteiger charge is 2.07. The first kappa shape index (κ1) is 14.7. The number of pyridine rings is 1. The quantitative estimate of drug-likeness (QED) is 0.501. The molecule has 1 heterocycles. The van der Waals surface area contributed by atoms with Crippen LogP contribution in [0.15, 0.2) is 48.5 Å². The van der Waals surface area contributed by atoms with Gasteiger partial charge in [-0.25, -0.2) is 10.8 Å². The van der Waals surface area contributed by atoms with E-state index in [9.17, 15) is 4.79 Å². The molecule has 0 aliphatic carbocycles. The molecular weight excluding hydrogens is 266 g/mol. The summed E-state index contributed by atoms with van der Waals surface area (Å²) in [5.74, 6) is 5.44. The lowest BCUT2D eigenvalue weighted by atomic mass is 10.2. The molecule has 5 nitrogen and oxygen atoms in total. The average Bonchev–Trinajstić information content (AvgIpc) is 2.54. The van der Waals surface area contributed by atoms with E-state index in [1.165, 1.54) is 0 Å². The zero-order chi connectivity index (χ0) is 15.1. The largest absolute Gasteiger partial charge is 0.487 e. The average molecular weight is 283 g/mol. The molecule has 0 bridgehead atoms. The van der Waals surface area contributed by atoms with Crippen LogP contribution in [0.3, 0.4) is 0 Å². The van der Waals surface area contributed by atoms with Crippen molar-refractivity contribution in [2.75, 3.05) is 0 Å². The molecule has 0 spiro atoms. The van der Waals surface area contributed by atoms with E-state index in [-0.39, 0.29) is 12.3 Å². The van der Waals surface area contributed by atoms with Gasteiger partial charge in [0.1, 0.15) is 18.1 Å². The van der Waals surface area contributed by atoms with Crippen LogP contribution in [0.25, 0.3) is 6.08 Å². The van der Waals surface area contributed by atoms with Crippen LogP contribution in [0, 0.1) is 0 Å². The molecule has 2 aromatic rings. The lowest BCUT2D eigenvalue weighted by Gasteiger charge is -2.09. The lowest BCUT2D eigenvalue weighted by molar-refractivity contribution is 0.0948. The van der Waals surface area contributed by atoms with Crippen LogP contribution in [0.5, 0.6) is 5.75 Å². The number of para-hydroxylation sites is 1. The van der Waals surface area contributed by atoms with E-state index in [2.05, 4.69) is 10.4 Å². The van der Waals surface area contributed by atoms with Crippen molar-refractivity contribution in [2.24, 2.45) is 5.84 Å². The van der Waals surface area contributed by atoms with Gasteiger partial charge in [-0.1, -0.05) is 36.4 Å². The van der Waals surface area contributed by atoms with Crippen molar-refractivity contribution in [3.63, 3.8) is 0 Å². The lowest BCUT2D eigenvalue weighted by Crippen LogP contribution is -2.30. The minimum absolute atomic E-state index is 0.264. The number of hydrogen-bond acceptors (Lipinski definition) is 4. The Bertz CT molecular complexity index is 653. The molecule has 0 saturated heterocycles. The molecular formula is C16H17N3O2. The summed E-state index contributed by atoms with van der Waals surface area (Å²) < 4.78 is 5.77. The van der Waals surface area contributed by atoms with Crippen molar-refractivity contribution in [2.45, 2.75) is 13.5 Å². The van der Waals surface area contributed by atoms with Crippen molar-refractivity contribution < 1.29 is 9.53 Å². The first-order valence-corrected chi connectivity index (χ1v) is 6.56. The maximum absolute atomic E-state index is 11.4. The molecule has 1 amide bonds. The molecule has 0 unspecified atom stereocenters. The van der Waals surface area contributed by atoms with Gasteiger partial charge in [-0.15, -0.1) is 0 Å². The molecule has 1 aromatic carbocycles. The summed E-state index contributed by atoms with van der Waals surface area (Å²) >= 11 is 0. The third kappa shape index (κ3) is 3.90. The van der Waals surface area contributed by atoms with Crippen LogP contribution < -0.4 is 16.0 Å². The molecule has 2 rings (SSSR count). The Morgan fingerprint density at radius 2 is 2.10 bits per heavy atom. The number of rotatable bonds is 5. The highest BCUT2D eigenvalue weighted by molar-refractivity contribution is 5.91. The second-order valence-corrected chi connectivity index (χ2v) is 4.31. The van der Waals surface area contributed by atoms with Gasteiger partial charge in [0.05, 0.1) is 5.69 Å². The van der Waals surface area contributed by atoms with Gasteiger partial charge in [-0.2, -0.15) is 0 Å². The summed E-state index contributed by atoms with van der Waals surface area (Å²) in [5.41, 5.74) is 3.98. The summed E-state index contributed by atoms with van der Waals surface area (Å²) in [7, 11) is 0. The van der Waals surface area contributed by atoms with E-state index in [1.54, 1.807) is 18.2 Å². The molecule has 1 aromatic heterocycles. The van der Waals surface area contributed by atoms with Gasteiger partial charge < -0.3 is 4.74 Å². The Hall–Kier alpha value is -2.66. The normalized spacial score (nSPS) is 10.6. The molecule has 5 heteroatoms. The van der Waals surface area contributed by atoms with Crippen LogP contribution >= 0.6 is 0 Å². The fraction of sp³-hybridized carbons (Fsp3) is 0.125. The fourth-order valence-corrected chi connectivity index (χ4v) is 1.84. The van der Waals surface area contributed by atoms with Crippen LogP contribution in [0.4, 0.5) is 0 Å². The smallest absolute Gasteiger partial charge is 0.283 e. The maximum atomic E-state index is 11.4. The van der Waals surface area contributed by atoms with E-state index < -0.39 is 5.91 Å². The highest BCUT2D eigenvalue weighted by Crippen LogP contribution is 2.20. The van der Waals surface area contributed by atoms with Crippen molar-refractivity contribution in [1.29, 1.82) is 0 Å². The number of carbonyl (C=O) groups excluding carboxylic acids is 1. The van der Waals surface area contributed by atoms with Gasteiger partial charge >= 0.3 is 0 Å². The number of ether oxygens (including phenoxy) is 1. The van der Waals surface area contributed by atoms with E-state index >= 15 is 0 Å². The number of carbonyl (C=O) groups is 1. The second-order valence-electron chi connectivity index (χ2n) is 4.31. The van der Waals surface area contributed by atoms with Gasteiger partial charge in [0.15, 0.2) is 0 Å². The second kappa shape index (κ2) is 7.21. The number of nitrogens with one attached hydrogen (secondary N) is 1. The first-order valence-electron chi connectivity index (χ1n) is 6.56. The third-order valence-electron chi connectivity index (χ3n) is 2.81. The van der Waals surface area contributed by atoms with Crippen LogP contribution in [-0.4, -0.2) is 10.9 Å². The monoisotopic (exact) mass is 283 g/mol. The van der Waals surface area contributed by atoms with E-state index in [1.807, 2.05) is 43.3 Å². The molecule has 0 aliphatic heterocycles. The van der Waals surface area contributed by atoms with Crippen LogP contribution in [0.2, 0.25) is 0 Å². The number of hydrazine groups is 1. The molecule has 21 heavy (non-hydrogen) atoms. The van der Waals surface area contributed by atoms with E-state index in [4.69, 9.17) is 10.6 Å². The predicted octanol–water partition coefficient (Wildman–Crippen LogP) is 2.30. The van der Waals surface area contributed by atoms with Gasteiger partial charge in [-0.3, -0.25) is 10.2 Å². The van der Waals surface area contributed by atoms with Crippen molar-refractivity contribution in [3.05, 3.63) is 65.5 Å². The Morgan fingerprint density at radius 1 is 1.29 bits per heavy atom. The molecule has 108 valence electrons. The van der Waals surface area contributed by atoms with Gasteiger partial charge in [0.2, 0.25) is 0 Å². The predicted molar refractivity (Wildman–Crippen MR) is 81.4 cm³/mol. The molecule has 0 saturated carbocycles.